The maximum Gasteiger partial charge on any atom is 0.120 e. The number of hydrogen-bond acceptors (Lipinski definition) is 4. The molecule has 0 spiro atoms. The highest BCUT2D eigenvalue weighted by Crippen LogP contribution is 2.30. The fraction of sp³-hybridized carbons (Fsp3) is 0.538. The largest absolute Gasteiger partial charge is 0.348 e. The van der Waals surface area contributed by atoms with Gasteiger partial charge in [-0.2, -0.15) is 0 Å². The van der Waals surface area contributed by atoms with Crippen molar-refractivity contribution in [1.29, 1.82) is 0 Å². The summed E-state index contributed by atoms with van der Waals surface area (Å²) in [7, 11) is 0. The van der Waals surface area contributed by atoms with E-state index >= 15 is 0 Å². The Morgan fingerprint density at radius 1 is 1.50 bits per heavy atom. The number of likely N-dealkylation sites (tertiary alicyclic amines) is 1. The Morgan fingerprint density at radius 2 is 2.44 bits per heavy atom. The van der Waals surface area contributed by atoms with Gasteiger partial charge in [0.1, 0.15) is 5.82 Å². The highest BCUT2D eigenvalue weighted by molar-refractivity contribution is 7.11. The number of piperidine rings is 1. The summed E-state index contributed by atoms with van der Waals surface area (Å²) in [5, 5.41) is 1.30. The molecule has 5 heteroatoms. The quantitative estimate of drug-likeness (QED) is 0.924. The molecular weight excluding hydrogens is 244 g/mol. The SMILES string of the molecule is Cc1cnc([C@@H]2CCCN(Cc3ncc[nH]3)C2)s1. The topological polar surface area (TPSA) is 44.8 Å². The third-order valence-electron chi connectivity index (χ3n) is 3.42. The van der Waals surface area contributed by atoms with Crippen LogP contribution < -0.4 is 0 Å². The Kier molecular flexibility index (Phi) is 3.43. The molecule has 1 saturated heterocycles. The molecule has 0 bridgehead atoms. The number of rotatable bonds is 3. The molecule has 2 aromatic heterocycles. The first-order valence-electron chi connectivity index (χ1n) is 6.44. The van der Waals surface area contributed by atoms with Crippen molar-refractivity contribution in [2.45, 2.75) is 32.2 Å². The minimum Gasteiger partial charge on any atom is -0.348 e. The number of thiazole rings is 1. The lowest BCUT2D eigenvalue weighted by atomic mass is 9.99. The van der Waals surface area contributed by atoms with Gasteiger partial charge in [-0.05, 0) is 26.3 Å². The van der Waals surface area contributed by atoms with E-state index in [0.29, 0.717) is 5.92 Å². The first kappa shape index (κ1) is 11.9. The minimum atomic E-state index is 0.604. The number of hydrogen-bond donors (Lipinski definition) is 1. The first-order valence-corrected chi connectivity index (χ1v) is 7.26. The van der Waals surface area contributed by atoms with Crippen LogP contribution in [0, 0.1) is 6.92 Å². The molecule has 0 saturated carbocycles. The molecule has 1 aliphatic heterocycles. The van der Waals surface area contributed by atoms with Gasteiger partial charge in [-0.25, -0.2) is 9.97 Å². The zero-order valence-corrected chi connectivity index (χ0v) is 11.4. The highest BCUT2D eigenvalue weighted by atomic mass is 32.1. The third kappa shape index (κ3) is 2.62. The van der Waals surface area contributed by atoms with Gasteiger partial charge >= 0.3 is 0 Å². The van der Waals surface area contributed by atoms with E-state index in [1.54, 1.807) is 0 Å². The fourth-order valence-corrected chi connectivity index (χ4v) is 3.46. The number of imidazole rings is 1. The Labute approximate surface area is 111 Å². The number of aryl methyl sites for hydroxylation is 1. The van der Waals surface area contributed by atoms with E-state index < -0.39 is 0 Å². The van der Waals surface area contributed by atoms with Crippen LogP contribution in [-0.4, -0.2) is 32.9 Å². The van der Waals surface area contributed by atoms with Gasteiger partial charge in [0, 0.05) is 35.9 Å². The van der Waals surface area contributed by atoms with Crippen LogP contribution in [0.1, 0.15) is 34.5 Å². The van der Waals surface area contributed by atoms with E-state index in [1.807, 2.05) is 29.9 Å². The van der Waals surface area contributed by atoms with Crippen molar-refractivity contribution >= 4 is 11.3 Å². The molecule has 0 unspecified atom stereocenters. The van der Waals surface area contributed by atoms with Gasteiger partial charge in [0.25, 0.3) is 0 Å². The third-order valence-corrected chi connectivity index (χ3v) is 4.50. The molecule has 96 valence electrons. The molecule has 2 aromatic rings. The number of aromatic nitrogens is 3. The predicted octanol–water partition coefficient (Wildman–Crippen LogP) is 2.55. The summed E-state index contributed by atoms with van der Waals surface area (Å²) in [6, 6.07) is 0. The molecule has 18 heavy (non-hydrogen) atoms. The standard InChI is InChI=1S/C13H18N4S/c1-10-7-16-13(18-10)11-3-2-6-17(8-11)9-12-14-4-5-15-12/h4-5,7,11H,2-3,6,8-9H2,1H3,(H,14,15)/t11-/m1/s1. The normalized spacial score (nSPS) is 21.3. The Morgan fingerprint density at radius 3 is 3.17 bits per heavy atom. The van der Waals surface area contributed by atoms with Gasteiger partial charge in [-0.1, -0.05) is 0 Å². The van der Waals surface area contributed by atoms with Crippen molar-refractivity contribution in [3.8, 4) is 0 Å². The smallest absolute Gasteiger partial charge is 0.120 e. The van der Waals surface area contributed by atoms with Gasteiger partial charge in [0.05, 0.1) is 11.6 Å². The summed E-state index contributed by atoms with van der Waals surface area (Å²) in [6.45, 7) is 5.33. The van der Waals surface area contributed by atoms with Crippen LogP contribution in [0.5, 0.6) is 0 Å². The van der Waals surface area contributed by atoms with Gasteiger partial charge in [0.2, 0.25) is 0 Å². The summed E-state index contributed by atoms with van der Waals surface area (Å²) in [4.78, 5) is 15.8. The Balaban J connectivity index is 1.65. The second-order valence-electron chi connectivity index (χ2n) is 4.92. The van der Waals surface area contributed by atoms with Crippen LogP contribution in [0.4, 0.5) is 0 Å². The van der Waals surface area contributed by atoms with E-state index in [2.05, 4.69) is 26.8 Å². The molecule has 1 aliphatic rings. The Hall–Kier alpha value is -1.20. The van der Waals surface area contributed by atoms with Crippen molar-refractivity contribution < 1.29 is 0 Å². The van der Waals surface area contributed by atoms with Crippen LogP contribution >= 0.6 is 11.3 Å². The molecule has 0 amide bonds. The average Bonchev–Trinajstić information content (AvgIpc) is 3.01. The van der Waals surface area contributed by atoms with Crippen LogP contribution in [0.15, 0.2) is 18.6 Å². The number of H-pyrrole nitrogens is 1. The number of aromatic amines is 1. The van der Waals surface area contributed by atoms with E-state index in [-0.39, 0.29) is 0 Å². The first-order chi connectivity index (χ1) is 8.81. The summed E-state index contributed by atoms with van der Waals surface area (Å²) >= 11 is 1.84. The van der Waals surface area contributed by atoms with Crippen molar-refractivity contribution in [2.75, 3.05) is 13.1 Å². The van der Waals surface area contributed by atoms with Crippen molar-refractivity contribution in [3.05, 3.63) is 34.3 Å². The molecule has 3 heterocycles. The predicted molar refractivity (Wildman–Crippen MR) is 72.7 cm³/mol. The second kappa shape index (κ2) is 5.20. The molecular formula is C13H18N4S. The van der Waals surface area contributed by atoms with Crippen LogP contribution in [0.3, 0.4) is 0 Å². The van der Waals surface area contributed by atoms with Crippen molar-refractivity contribution in [1.82, 2.24) is 19.9 Å². The zero-order valence-electron chi connectivity index (χ0n) is 10.6. The van der Waals surface area contributed by atoms with Gasteiger partial charge in [-0.3, -0.25) is 4.90 Å². The minimum absolute atomic E-state index is 0.604. The zero-order chi connectivity index (χ0) is 12.4. The van der Waals surface area contributed by atoms with Crippen molar-refractivity contribution in [2.24, 2.45) is 0 Å². The summed E-state index contributed by atoms with van der Waals surface area (Å²) in [5.41, 5.74) is 0. The fourth-order valence-electron chi connectivity index (χ4n) is 2.56. The second-order valence-corrected chi connectivity index (χ2v) is 6.19. The molecule has 4 nitrogen and oxygen atoms in total. The van der Waals surface area contributed by atoms with Crippen LogP contribution in [0.25, 0.3) is 0 Å². The lowest BCUT2D eigenvalue weighted by Crippen LogP contribution is -2.34. The molecule has 1 atom stereocenters. The average molecular weight is 262 g/mol. The summed E-state index contributed by atoms with van der Waals surface area (Å²) < 4.78 is 0. The maximum atomic E-state index is 4.54. The van der Waals surface area contributed by atoms with Gasteiger partial charge < -0.3 is 4.98 Å². The maximum absolute atomic E-state index is 4.54. The summed E-state index contributed by atoms with van der Waals surface area (Å²) in [6.07, 6.45) is 8.22. The summed E-state index contributed by atoms with van der Waals surface area (Å²) in [5.74, 6) is 1.67. The lowest BCUT2D eigenvalue weighted by Gasteiger charge is -2.31. The number of nitrogens with one attached hydrogen (secondary N) is 1. The van der Waals surface area contributed by atoms with E-state index in [1.165, 1.54) is 29.3 Å². The molecule has 3 rings (SSSR count). The van der Waals surface area contributed by atoms with E-state index in [0.717, 1.165) is 18.9 Å². The van der Waals surface area contributed by atoms with Crippen molar-refractivity contribution in [3.63, 3.8) is 0 Å². The van der Waals surface area contributed by atoms with E-state index in [9.17, 15) is 0 Å². The molecule has 0 aliphatic carbocycles. The molecule has 1 fully saturated rings. The highest BCUT2D eigenvalue weighted by Gasteiger charge is 2.23. The van der Waals surface area contributed by atoms with Crippen LogP contribution in [0.2, 0.25) is 0 Å². The van der Waals surface area contributed by atoms with Gasteiger partial charge in [-0.15, -0.1) is 11.3 Å². The van der Waals surface area contributed by atoms with E-state index in [4.69, 9.17) is 0 Å². The Bertz CT molecular complexity index is 491. The van der Waals surface area contributed by atoms with Crippen LogP contribution in [-0.2, 0) is 6.54 Å². The molecule has 0 radical (unpaired) electrons. The molecule has 0 aromatic carbocycles. The number of nitrogens with zero attached hydrogens (tertiary/aromatic N) is 3. The molecule has 1 N–H and O–H groups in total. The van der Waals surface area contributed by atoms with Gasteiger partial charge in [0.15, 0.2) is 0 Å². The monoisotopic (exact) mass is 262 g/mol. The lowest BCUT2D eigenvalue weighted by molar-refractivity contribution is 0.196.